The van der Waals surface area contributed by atoms with Gasteiger partial charge in [-0.2, -0.15) is 0 Å². The standard InChI is InChI=1S/C16H25F2NO/c1-3-4-5-6-7-12(2)19-11-16(20)14-10-13(17)8-9-15(14)18/h8-10,12,16,19-20H,3-7,11H2,1-2H3. The molecular weight excluding hydrogens is 260 g/mol. The minimum atomic E-state index is -1.02. The second-order valence-corrected chi connectivity index (χ2v) is 5.34. The van der Waals surface area contributed by atoms with Gasteiger partial charge in [0.25, 0.3) is 0 Å². The van der Waals surface area contributed by atoms with Crippen LogP contribution in [0.3, 0.4) is 0 Å². The van der Waals surface area contributed by atoms with Gasteiger partial charge >= 0.3 is 0 Å². The lowest BCUT2D eigenvalue weighted by molar-refractivity contribution is 0.165. The molecule has 0 spiro atoms. The van der Waals surface area contributed by atoms with Gasteiger partial charge in [-0.3, -0.25) is 0 Å². The van der Waals surface area contributed by atoms with Crippen molar-refractivity contribution in [3.63, 3.8) is 0 Å². The molecule has 0 aliphatic heterocycles. The summed E-state index contributed by atoms with van der Waals surface area (Å²) in [5.41, 5.74) is 0.00989. The van der Waals surface area contributed by atoms with Crippen LogP contribution >= 0.6 is 0 Å². The van der Waals surface area contributed by atoms with Crippen molar-refractivity contribution in [3.05, 3.63) is 35.4 Å². The fourth-order valence-electron chi connectivity index (χ4n) is 2.17. The molecule has 2 unspecified atom stereocenters. The third-order valence-electron chi connectivity index (χ3n) is 3.47. The Labute approximate surface area is 120 Å². The van der Waals surface area contributed by atoms with Crippen molar-refractivity contribution in [2.24, 2.45) is 0 Å². The molecule has 0 aliphatic rings. The lowest BCUT2D eigenvalue weighted by Gasteiger charge is -2.18. The van der Waals surface area contributed by atoms with Crippen LogP contribution < -0.4 is 5.32 Å². The summed E-state index contributed by atoms with van der Waals surface area (Å²) in [5.74, 6) is -1.11. The maximum absolute atomic E-state index is 13.5. The van der Waals surface area contributed by atoms with Gasteiger partial charge in [-0.05, 0) is 31.5 Å². The molecule has 0 aromatic heterocycles. The highest BCUT2D eigenvalue weighted by Gasteiger charge is 2.14. The number of benzene rings is 1. The molecule has 0 saturated heterocycles. The molecule has 2 N–H and O–H groups in total. The second kappa shape index (κ2) is 9.03. The Morgan fingerprint density at radius 1 is 1.20 bits per heavy atom. The molecule has 0 fully saturated rings. The van der Waals surface area contributed by atoms with Crippen molar-refractivity contribution in [3.8, 4) is 0 Å². The number of rotatable bonds is 9. The summed E-state index contributed by atoms with van der Waals surface area (Å²) in [6.45, 7) is 4.45. The predicted octanol–water partition coefficient (Wildman–Crippen LogP) is 3.95. The molecule has 1 aromatic carbocycles. The molecule has 2 nitrogen and oxygen atoms in total. The predicted molar refractivity (Wildman–Crippen MR) is 77.5 cm³/mol. The van der Waals surface area contributed by atoms with Gasteiger partial charge < -0.3 is 10.4 Å². The van der Waals surface area contributed by atoms with Crippen LogP contribution in [0.4, 0.5) is 8.78 Å². The topological polar surface area (TPSA) is 32.3 Å². The van der Waals surface area contributed by atoms with Crippen molar-refractivity contribution in [2.75, 3.05) is 6.54 Å². The van der Waals surface area contributed by atoms with Gasteiger partial charge in [0, 0.05) is 18.2 Å². The van der Waals surface area contributed by atoms with Gasteiger partial charge in [0.15, 0.2) is 0 Å². The van der Waals surface area contributed by atoms with E-state index < -0.39 is 17.7 Å². The van der Waals surface area contributed by atoms with Gasteiger partial charge in [-0.1, -0.05) is 32.6 Å². The average Bonchev–Trinajstić information content (AvgIpc) is 2.43. The van der Waals surface area contributed by atoms with E-state index >= 15 is 0 Å². The van der Waals surface area contributed by atoms with Gasteiger partial charge in [0.1, 0.15) is 11.6 Å². The summed E-state index contributed by atoms with van der Waals surface area (Å²) in [4.78, 5) is 0. The molecule has 0 radical (unpaired) electrons. The largest absolute Gasteiger partial charge is 0.387 e. The third-order valence-corrected chi connectivity index (χ3v) is 3.47. The maximum Gasteiger partial charge on any atom is 0.129 e. The number of nitrogens with one attached hydrogen (secondary N) is 1. The van der Waals surface area contributed by atoms with E-state index in [1.807, 2.05) is 6.92 Å². The van der Waals surface area contributed by atoms with Crippen LogP contribution in [-0.2, 0) is 0 Å². The molecule has 0 aliphatic carbocycles. The van der Waals surface area contributed by atoms with Crippen LogP contribution in [0.2, 0.25) is 0 Å². The first-order chi connectivity index (χ1) is 9.54. The Balaban J connectivity index is 2.35. The normalized spacial score (nSPS) is 14.2. The molecular formula is C16H25F2NO. The Kier molecular flexibility index (Phi) is 7.70. The Hall–Kier alpha value is -1.00. The molecule has 1 rings (SSSR count). The van der Waals surface area contributed by atoms with Gasteiger partial charge in [-0.25, -0.2) is 8.78 Å². The molecule has 4 heteroatoms. The van der Waals surface area contributed by atoms with Crippen LogP contribution in [0.15, 0.2) is 18.2 Å². The fraction of sp³-hybridized carbons (Fsp3) is 0.625. The van der Waals surface area contributed by atoms with E-state index in [-0.39, 0.29) is 18.2 Å². The zero-order valence-electron chi connectivity index (χ0n) is 12.3. The number of hydrogen-bond acceptors (Lipinski definition) is 2. The quantitative estimate of drug-likeness (QED) is 0.673. The fourth-order valence-corrected chi connectivity index (χ4v) is 2.17. The maximum atomic E-state index is 13.5. The second-order valence-electron chi connectivity index (χ2n) is 5.34. The highest BCUT2D eigenvalue weighted by Crippen LogP contribution is 2.18. The lowest BCUT2D eigenvalue weighted by atomic mass is 10.1. The molecule has 1 aromatic rings. The van der Waals surface area contributed by atoms with Crippen molar-refractivity contribution >= 4 is 0 Å². The van der Waals surface area contributed by atoms with Gasteiger partial charge in [-0.15, -0.1) is 0 Å². The Morgan fingerprint density at radius 3 is 2.65 bits per heavy atom. The first-order valence-corrected chi connectivity index (χ1v) is 7.41. The van der Waals surface area contributed by atoms with Gasteiger partial charge in [0.2, 0.25) is 0 Å². The molecule has 0 saturated carbocycles. The Morgan fingerprint density at radius 2 is 1.95 bits per heavy atom. The zero-order valence-corrected chi connectivity index (χ0v) is 12.3. The van der Waals surface area contributed by atoms with E-state index in [4.69, 9.17) is 0 Å². The van der Waals surface area contributed by atoms with Crippen LogP contribution in [0.25, 0.3) is 0 Å². The van der Waals surface area contributed by atoms with Crippen LogP contribution in [-0.4, -0.2) is 17.7 Å². The molecule has 20 heavy (non-hydrogen) atoms. The van der Waals surface area contributed by atoms with E-state index in [2.05, 4.69) is 12.2 Å². The lowest BCUT2D eigenvalue weighted by Crippen LogP contribution is -2.30. The van der Waals surface area contributed by atoms with E-state index in [0.29, 0.717) is 0 Å². The first kappa shape index (κ1) is 17.1. The van der Waals surface area contributed by atoms with Crippen LogP contribution in [0.5, 0.6) is 0 Å². The highest BCUT2D eigenvalue weighted by molar-refractivity contribution is 5.21. The minimum Gasteiger partial charge on any atom is -0.387 e. The smallest absolute Gasteiger partial charge is 0.129 e. The third kappa shape index (κ3) is 5.97. The summed E-state index contributed by atoms with van der Waals surface area (Å²) >= 11 is 0. The first-order valence-electron chi connectivity index (χ1n) is 7.41. The summed E-state index contributed by atoms with van der Waals surface area (Å²) in [6.07, 6.45) is 4.81. The van der Waals surface area contributed by atoms with E-state index in [1.54, 1.807) is 0 Å². The van der Waals surface area contributed by atoms with Crippen molar-refractivity contribution in [2.45, 2.75) is 58.1 Å². The summed E-state index contributed by atoms with van der Waals surface area (Å²) in [5, 5.41) is 13.1. The van der Waals surface area contributed by atoms with Crippen molar-refractivity contribution < 1.29 is 13.9 Å². The average molecular weight is 285 g/mol. The molecule has 2 atom stereocenters. The van der Waals surface area contributed by atoms with Crippen molar-refractivity contribution in [1.29, 1.82) is 0 Å². The molecule has 0 amide bonds. The van der Waals surface area contributed by atoms with E-state index in [0.717, 1.165) is 31.0 Å². The summed E-state index contributed by atoms with van der Waals surface area (Å²) in [6, 6.07) is 3.41. The van der Waals surface area contributed by atoms with Gasteiger partial charge in [0.05, 0.1) is 6.10 Å². The number of halogens is 2. The molecule has 0 heterocycles. The highest BCUT2D eigenvalue weighted by atomic mass is 19.1. The van der Waals surface area contributed by atoms with Crippen molar-refractivity contribution in [1.82, 2.24) is 5.32 Å². The number of hydrogen-bond donors (Lipinski definition) is 2. The van der Waals surface area contributed by atoms with E-state index in [1.165, 1.54) is 19.3 Å². The number of unbranched alkanes of at least 4 members (excludes halogenated alkanes) is 3. The minimum absolute atomic E-state index is 0.00989. The zero-order chi connectivity index (χ0) is 15.0. The van der Waals surface area contributed by atoms with E-state index in [9.17, 15) is 13.9 Å². The SMILES string of the molecule is CCCCCCC(C)NCC(O)c1cc(F)ccc1F. The summed E-state index contributed by atoms with van der Waals surface area (Å²) < 4.78 is 26.5. The summed E-state index contributed by atoms with van der Waals surface area (Å²) in [7, 11) is 0. The number of aliphatic hydroxyl groups is 1. The van der Waals surface area contributed by atoms with Crippen LogP contribution in [0, 0.1) is 11.6 Å². The monoisotopic (exact) mass is 285 g/mol. The molecule has 0 bridgehead atoms. The Bertz CT molecular complexity index is 398. The van der Waals surface area contributed by atoms with Crippen LogP contribution in [0.1, 0.15) is 57.6 Å². The number of aliphatic hydroxyl groups excluding tert-OH is 1. The molecule has 114 valence electrons.